The van der Waals surface area contributed by atoms with Crippen molar-refractivity contribution in [2.75, 3.05) is 6.54 Å². The molecule has 1 aromatic heterocycles. The van der Waals surface area contributed by atoms with Crippen LogP contribution in [0.4, 0.5) is 13.2 Å². The lowest BCUT2D eigenvalue weighted by molar-refractivity contribution is -0.137. The number of aromatic nitrogens is 3. The van der Waals surface area contributed by atoms with Gasteiger partial charge in [-0.05, 0) is 12.1 Å². The highest BCUT2D eigenvalue weighted by Gasteiger charge is 2.34. The van der Waals surface area contributed by atoms with Crippen molar-refractivity contribution in [3.63, 3.8) is 0 Å². The standard InChI is InChI=1S/C12H11F3N4/c13-12(14,15)8-3-1-2-4-10(8)19-11-7-16-6-5-9(11)17-18-19/h1-4,16H,5-7H2. The zero-order valence-electron chi connectivity index (χ0n) is 9.91. The molecule has 0 spiro atoms. The Balaban J connectivity index is 2.15. The van der Waals surface area contributed by atoms with E-state index in [4.69, 9.17) is 0 Å². The quantitative estimate of drug-likeness (QED) is 0.859. The summed E-state index contributed by atoms with van der Waals surface area (Å²) in [5.74, 6) is 0. The Morgan fingerprint density at radius 1 is 1.21 bits per heavy atom. The number of alkyl halides is 3. The number of rotatable bonds is 1. The van der Waals surface area contributed by atoms with Gasteiger partial charge in [0, 0.05) is 19.5 Å². The molecule has 100 valence electrons. The molecule has 7 heteroatoms. The first-order valence-corrected chi connectivity index (χ1v) is 5.88. The molecule has 1 aromatic carbocycles. The van der Waals surface area contributed by atoms with Gasteiger partial charge >= 0.3 is 6.18 Å². The van der Waals surface area contributed by atoms with Gasteiger partial charge in [0.25, 0.3) is 0 Å². The van der Waals surface area contributed by atoms with Crippen molar-refractivity contribution < 1.29 is 13.2 Å². The molecule has 2 heterocycles. The lowest BCUT2D eigenvalue weighted by atomic mass is 10.1. The van der Waals surface area contributed by atoms with Gasteiger partial charge < -0.3 is 5.32 Å². The molecule has 0 aliphatic carbocycles. The smallest absolute Gasteiger partial charge is 0.311 e. The summed E-state index contributed by atoms with van der Waals surface area (Å²) < 4.78 is 40.3. The molecule has 0 radical (unpaired) electrons. The highest BCUT2D eigenvalue weighted by atomic mass is 19.4. The summed E-state index contributed by atoms with van der Waals surface area (Å²) in [6, 6.07) is 5.40. The Hall–Kier alpha value is -1.89. The second kappa shape index (κ2) is 4.34. The number of fused-ring (bicyclic) bond motifs is 1. The maximum absolute atomic E-state index is 13.0. The third kappa shape index (κ3) is 2.10. The third-order valence-corrected chi connectivity index (χ3v) is 3.11. The predicted octanol–water partition coefficient (Wildman–Crippen LogP) is 1.93. The normalized spacial score (nSPS) is 15.3. The van der Waals surface area contributed by atoms with Gasteiger partial charge in [0.15, 0.2) is 0 Å². The van der Waals surface area contributed by atoms with E-state index < -0.39 is 11.7 Å². The number of benzene rings is 1. The molecular formula is C12H11F3N4. The van der Waals surface area contributed by atoms with Crippen LogP contribution in [0.15, 0.2) is 24.3 Å². The lowest BCUT2D eigenvalue weighted by Crippen LogP contribution is -2.25. The summed E-state index contributed by atoms with van der Waals surface area (Å²) in [6.45, 7) is 1.25. The van der Waals surface area contributed by atoms with E-state index >= 15 is 0 Å². The van der Waals surface area contributed by atoms with E-state index in [-0.39, 0.29) is 5.69 Å². The van der Waals surface area contributed by atoms with Crippen molar-refractivity contribution in [2.24, 2.45) is 0 Å². The summed E-state index contributed by atoms with van der Waals surface area (Å²) in [4.78, 5) is 0. The van der Waals surface area contributed by atoms with Crippen LogP contribution in [-0.2, 0) is 19.1 Å². The van der Waals surface area contributed by atoms with Crippen molar-refractivity contribution >= 4 is 0 Å². The van der Waals surface area contributed by atoms with Crippen LogP contribution in [-0.4, -0.2) is 21.5 Å². The molecule has 1 aliphatic heterocycles. The summed E-state index contributed by atoms with van der Waals surface area (Å²) in [7, 11) is 0. The summed E-state index contributed by atoms with van der Waals surface area (Å²) in [5.41, 5.74) is 0.777. The molecule has 3 rings (SSSR count). The van der Waals surface area contributed by atoms with Crippen LogP contribution < -0.4 is 5.32 Å². The fraction of sp³-hybridized carbons (Fsp3) is 0.333. The molecule has 2 aromatic rings. The molecule has 19 heavy (non-hydrogen) atoms. The first-order chi connectivity index (χ1) is 9.07. The van der Waals surface area contributed by atoms with E-state index in [1.165, 1.54) is 16.8 Å². The predicted molar refractivity (Wildman–Crippen MR) is 61.8 cm³/mol. The molecule has 1 N–H and O–H groups in total. The highest BCUT2D eigenvalue weighted by molar-refractivity contribution is 5.43. The Labute approximate surface area is 107 Å². The van der Waals surface area contributed by atoms with Crippen molar-refractivity contribution in [3.05, 3.63) is 41.2 Å². The second-order valence-corrected chi connectivity index (χ2v) is 4.34. The summed E-state index contributed by atoms with van der Waals surface area (Å²) >= 11 is 0. The monoisotopic (exact) mass is 268 g/mol. The van der Waals surface area contributed by atoms with Gasteiger partial charge in [-0.15, -0.1) is 5.10 Å². The van der Waals surface area contributed by atoms with Crippen LogP contribution in [0.5, 0.6) is 0 Å². The summed E-state index contributed by atoms with van der Waals surface area (Å²) in [5, 5.41) is 10.9. The fourth-order valence-corrected chi connectivity index (χ4v) is 2.21. The highest BCUT2D eigenvalue weighted by Crippen LogP contribution is 2.34. The third-order valence-electron chi connectivity index (χ3n) is 3.11. The minimum atomic E-state index is -4.41. The van der Waals surface area contributed by atoms with Crippen LogP contribution in [0.1, 0.15) is 17.0 Å². The minimum Gasteiger partial charge on any atom is -0.311 e. The number of nitrogens with one attached hydrogen (secondary N) is 1. The van der Waals surface area contributed by atoms with Crippen LogP contribution >= 0.6 is 0 Å². The molecule has 0 atom stereocenters. The topological polar surface area (TPSA) is 42.7 Å². The van der Waals surface area contributed by atoms with Crippen molar-refractivity contribution in [2.45, 2.75) is 19.1 Å². The molecular weight excluding hydrogens is 257 g/mol. The first-order valence-electron chi connectivity index (χ1n) is 5.88. The van der Waals surface area contributed by atoms with Crippen LogP contribution in [0.25, 0.3) is 5.69 Å². The Morgan fingerprint density at radius 2 is 2.00 bits per heavy atom. The molecule has 0 bridgehead atoms. The Kier molecular flexibility index (Phi) is 2.78. The molecule has 1 aliphatic rings. The van der Waals surface area contributed by atoms with Crippen LogP contribution in [0.2, 0.25) is 0 Å². The summed E-state index contributed by atoms with van der Waals surface area (Å²) in [6.07, 6.45) is -3.72. The van der Waals surface area contributed by atoms with Gasteiger partial charge in [0.05, 0.1) is 22.6 Å². The first kappa shape index (κ1) is 12.2. The molecule has 0 saturated heterocycles. The zero-order valence-corrected chi connectivity index (χ0v) is 9.91. The Morgan fingerprint density at radius 3 is 2.79 bits per heavy atom. The van der Waals surface area contributed by atoms with E-state index in [2.05, 4.69) is 15.6 Å². The molecule has 0 saturated carbocycles. The maximum Gasteiger partial charge on any atom is 0.418 e. The lowest BCUT2D eigenvalue weighted by Gasteiger charge is -2.16. The van der Waals surface area contributed by atoms with Crippen molar-refractivity contribution in [1.82, 2.24) is 20.3 Å². The minimum absolute atomic E-state index is 0.0208. The Bertz CT molecular complexity index is 603. The van der Waals surface area contributed by atoms with Crippen molar-refractivity contribution in [3.8, 4) is 5.69 Å². The average molecular weight is 268 g/mol. The molecule has 4 nitrogen and oxygen atoms in total. The van der Waals surface area contributed by atoms with Gasteiger partial charge in [-0.25, -0.2) is 4.68 Å². The second-order valence-electron chi connectivity index (χ2n) is 4.34. The fourth-order valence-electron chi connectivity index (χ4n) is 2.21. The molecule has 0 fully saturated rings. The maximum atomic E-state index is 13.0. The van der Waals surface area contributed by atoms with Crippen LogP contribution in [0.3, 0.4) is 0 Å². The SMILES string of the molecule is FC(F)(F)c1ccccc1-n1nnc2c1CNCC2. The number of para-hydroxylation sites is 1. The van der Waals surface area contributed by atoms with E-state index in [0.29, 0.717) is 18.7 Å². The number of nitrogens with zero attached hydrogens (tertiary/aromatic N) is 3. The van der Waals surface area contributed by atoms with Gasteiger partial charge in [0.2, 0.25) is 0 Å². The van der Waals surface area contributed by atoms with Gasteiger partial charge in [-0.3, -0.25) is 0 Å². The number of hydrogen-bond donors (Lipinski definition) is 1. The van der Waals surface area contributed by atoms with E-state index in [9.17, 15) is 13.2 Å². The largest absolute Gasteiger partial charge is 0.418 e. The van der Waals surface area contributed by atoms with Crippen LogP contribution in [0, 0.1) is 0 Å². The average Bonchev–Trinajstić information content (AvgIpc) is 2.81. The van der Waals surface area contributed by atoms with E-state index in [0.717, 1.165) is 18.3 Å². The number of hydrogen-bond acceptors (Lipinski definition) is 3. The molecule has 0 amide bonds. The van der Waals surface area contributed by atoms with Gasteiger partial charge in [0.1, 0.15) is 0 Å². The van der Waals surface area contributed by atoms with E-state index in [1.807, 2.05) is 0 Å². The van der Waals surface area contributed by atoms with Gasteiger partial charge in [-0.2, -0.15) is 13.2 Å². The van der Waals surface area contributed by atoms with E-state index in [1.54, 1.807) is 6.07 Å². The van der Waals surface area contributed by atoms with Crippen molar-refractivity contribution in [1.29, 1.82) is 0 Å². The molecule has 0 unspecified atom stereocenters. The number of halogens is 3. The zero-order chi connectivity index (χ0) is 13.5. The van der Waals surface area contributed by atoms with Gasteiger partial charge in [-0.1, -0.05) is 17.3 Å².